The Hall–Kier alpha value is -9.72. The monoisotopic (exact) mass is 1160 g/mol. The van der Waals surface area contributed by atoms with Crippen LogP contribution in [0.15, 0.2) is 273 Å². The third-order valence-electron chi connectivity index (χ3n) is 14.3. The molecule has 3 nitrogen and oxygen atoms in total. The van der Waals surface area contributed by atoms with Crippen LogP contribution in [0.5, 0.6) is 0 Å². The molecule has 3 aromatic heterocycles. The first kappa shape index (κ1) is 53.6. The van der Waals surface area contributed by atoms with E-state index in [4.69, 9.17) is 0 Å². The Morgan fingerprint density at radius 1 is 0.167 bits per heavy atom. The van der Waals surface area contributed by atoms with Gasteiger partial charge in [0.25, 0.3) is 0 Å². The van der Waals surface area contributed by atoms with E-state index in [1.807, 2.05) is 51.1 Å². The second-order valence-corrected chi connectivity index (χ2v) is 23.0. The summed E-state index contributed by atoms with van der Waals surface area (Å²) >= 11 is 5.08. The number of thiophene rings is 3. The van der Waals surface area contributed by atoms with Crippen LogP contribution in [-0.4, -0.2) is 0 Å². The minimum absolute atomic E-state index is 0.347. The van der Waals surface area contributed by atoms with E-state index in [1.54, 1.807) is 107 Å². The molecule has 0 aliphatic rings. The topological polar surface area (TPSA) is 9.72 Å². The quantitative estimate of drug-likeness (QED) is 0.0947. The first-order valence-corrected chi connectivity index (χ1v) is 29.2. The summed E-state index contributed by atoms with van der Waals surface area (Å²) < 4.78 is 84.5. The molecule has 0 spiro atoms. The molecule has 0 saturated heterocycles. The molecule has 0 saturated carbocycles. The van der Waals surface area contributed by atoms with E-state index in [2.05, 4.69) is 91.0 Å². The fourth-order valence-electron chi connectivity index (χ4n) is 10.2. The van der Waals surface area contributed by atoms with Crippen LogP contribution in [0.1, 0.15) is 0 Å². The molecule has 408 valence electrons. The zero-order chi connectivity index (χ0) is 57.3. The van der Waals surface area contributed by atoms with E-state index in [1.165, 1.54) is 72.8 Å². The van der Waals surface area contributed by atoms with E-state index >= 15 is 0 Å². The van der Waals surface area contributed by atoms with Gasteiger partial charge in [-0.25, -0.2) is 26.3 Å². The molecule has 0 aliphatic heterocycles. The second kappa shape index (κ2) is 23.3. The number of nitrogens with zero attached hydrogens (tertiary/aromatic N) is 3. The zero-order valence-corrected chi connectivity index (χ0v) is 46.8. The van der Waals surface area contributed by atoms with E-state index < -0.39 is 0 Å². The summed E-state index contributed by atoms with van der Waals surface area (Å²) in [6.07, 6.45) is 0. The van der Waals surface area contributed by atoms with Crippen molar-refractivity contribution in [2.24, 2.45) is 0 Å². The van der Waals surface area contributed by atoms with Crippen LogP contribution in [-0.2, 0) is 0 Å². The van der Waals surface area contributed by atoms with Crippen molar-refractivity contribution < 1.29 is 26.3 Å². The van der Waals surface area contributed by atoms with Crippen molar-refractivity contribution in [1.82, 2.24) is 0 Å². The molecule has 0 bridgehead atoms. The summed E-state index contributed by atoms with van der Waals surface area (Å²) in [5.41, 5.74) is 13.1. The lowest BCUT2D eigenvalue weighted by atomic mass is 10.0. The first-order chi connectivity index (χ1) is 41.0. The number of hydrogen-bond acceptors (Lipinski definition) is 6. The van der Waals surface area contributed by atoms with Gasteiger partial charge < -0.3 is 14.7 Å². The van der Waals surface area contributed by atoms with Crippen molar-refractivity contribution in [1.29, 1.82) is 0 Å². The lowest BCUT2D eigenvalue weighted by Crippen LogP contribution is -2.09. The summed E-state index contributed by atoms with van der Waals surface area (Å²) in [5.74, 6) is -2.08. The number of hydrogen-bond donors (Lipinski definition) is 0. The highest BCUT2D eigenvalue weighted by Crippen LogP contribution is 2.46. The molecule has 12 heteroatoms. The Bertz CT molecular complexity index is 3790. The number of anilines is 9. The molecular formula is C72H45F6N3S3. The number of halogens is 6. The van der Waals surface area contributed by atoms with Crippen molar-refractivity contribution >= 4 is 85.2 Å². The average Bonchev–Trinajstić information content (AvgIpc) is 3.72. The zero-order valence-electron chi connectivity index (χ0n) is 44.3. The molecule has 0 radical (unpaired) electrons. The van der Waals surface area contributed by atoms with Crippen LogP contribution >= 0.6 is 34.0 Å². The van der Waals surface area contributed by atoms with Gasteiger partial charge in [0.2, 0.25) is 0 Å². The van der Waals surface area contributed by atoms with Crippen LogP contribution in [0.25, 0.3) is 62.6 Å². The van der Waals surface area contributed by atoms with Crippen LogP contribution < -0.4 is 14.7 Å². The highest BCUT2D eigenvalue weighted by Gasteiger charge is 2.19. The third kappa shape index (κ3) is 11.4. The molecule has 3 heterocycles. The van der Waals surface area contributed by atoms with Crippen molar-refractivity contribution in [3.8, 4) is 62.6 Å². The molecule has 0 amide bonds. The maximum Gasteiger partial charge on any atom is 0.123 e. The van der Waals surface area contributed by atoms with Gasteiger partial charge in [0.1, 0.15) is 34.9 Å². The lowest BCUT2D eigenvalue weighted by molar-refractivity contribution is 0.627. The van der Waals surface area contributed by atoms with Gasteiger partial charge in [0.15, 0.2) is 0 Å². The fourth-order valence-corrected chi connectivity index (χ4v) is 13.2. The van der Waals surface area contributed by atoms with Gasteiger partial charge in [0, 0.05) is 80.4 Å². The Labute approximate surface area is 493 Å². The SMILES string of the molecule is Fc1ccc(N(c2ccc(F)cc2)c2ccc(-c3ccc(-c4cc(-c5ccc(-c6ccc(N(c7ccc(F)cc7)c7ccc(F)cc7)cc6)s5)cc(-c5ccc(-c6ccc(N(c7ccc(F)cc7)c7ccc(F)cc7)cc6)s5)c4)s3)cc2)cc1. The van der Waals surface area contributed by atoms with Crippen LogP contribution in [0, 0.1) is 34.9 Å². The number of rotatable bonds is 15. The van der Waals surface area contributed by atoms with Crippen LogP contribution in [0.3, 0.4) is 0 Å². The second-order valence-electron chi connectivity index (χ2n) is 19.8. The molecular weight excluding hydrogens is 1120 g/mol. The fraction of sp³-hybridized carbons (Fsp3) is 0. The minimum atomic E-state index is -0.347. The maximum atomic E-state index is 14.1. The summed E-state index contributed by atoms with van der Waals surface area (Å²) in [6.45, 7) is 0. The average molecular weight is 1160 g/mol. The van der Waals surface area contributed by atoms with Gasteiger partial charge in [-0.2, -0.15) is 0 Å². The van der Waals surface area contributed by atoms with Crippen molar-refractivity contribution in [3.05, 3.63) is 308 Å². The molecule has 0 aliphatic carbocycles. The van der Waals surface area contributed by atoms with Gasteiger partial charge >= 0.3 is 0 Å². The summed E-state index contributed by atoms with van der Waals surface area (Å²) in [6, 6.07) is 81.6. The maximum absolute atomic E-state index is 14.1. The van der Waals surface area contributed by atoms with E-state index in [-0.39, 0.29) is 34.9 Å². The molecule has 0 atom stereocenters. The van der Waals surface area contributed by atoms with E-state index in [0.29, 0.717) is 0 Å². The van der Waals surface area contributed by atoms with Crippen molar-refractivity contribution in [2.75, 3.05) is 14.7 Å². The predicted molar refractivity (Wildman–Crippen MR) is 336 cm³/mol. The molecule has 13 aromatic rings. The van der Waals surface area contributed by atoms with Crippen LogP contribution in [0.4, 0.5) is 77.5 Å². The molecule has 84 heavy (non-hydrogen) atoms. The molecule has 10 aromatic carbocycles. The van der Waals surface area contributed by atoms with Crippen LogP contribution in [0.2, 0.25) is 0 Å². The highest BCUT2D eigenvalue weighted by molar-refractivity contribution is 7.19. The third-order valence-corrected chi connectivity index (χ3v) is 17.9. The molecule has 0 fully saturated rings. The normalized spacial score (nSPS) is 11.2. The minimum Gasteiger partial charge on any atom is -0.310 e. The predicted octanol–water partition coefficient (Wildman–Crippen LogP) is 23.1. The standard InChI is InChI=1S/C72H45F6N3S3/c73-52-7-25-61(26-8-52)79(62-27-9-53(74)10-28-62)58-19-1-46(2-20-58)67-37-40-70(82-67)49-43-50(71-41-38-68(83-71)47-3-21-59(22-4-47)80(63-29-11-54(75)12-30-63)64-31-13-55(76)14-32-64)45-51(44-49)72-42-39-69(84-72)48-5-23-60(24-6-48)81(65-33-15-56(77)16-34-65)66-35-17-57(78)18-36-66/h1-45H. The molecule has 13 rings (SSSR count). The van der Waals surface area contributed by atoms with Gasteiger partial charge in [-0.05, 0) is 270 Å². The van der Waals surface area contributed by atoms with E-state index in [9.17, 15) is 26.3 Å². The van der Waals surface area contributed by atoms with Crippen molar-refractivity contribution in [3.63, 3.8) is 0 Å². The highest BCUT2D eigenvalue weighted by atomic mass is 32.1. The Kier molecular flexibility index (Phi) is 14.8. The lowest BCUT2D eigenvalue weighted by Gasteiger charge is -2.25. The van der Waals surface area contributed by atoms with Gasteiger partial charge in [-0.3, -0.25) is 0 Å². The first-order valence-electron chi connectivity index (χ1n) is 26.7. The van der Waals surface area contributed by atoms with Crippen molar-refractivity contribution in [2.45, 2.75) is 0 Å². The number of benzene rings is 10. The summed E-state index contributed by atoms with van der Waals surface area (Å²) in [4.78, 5) is 12.3. The molecule has 0 N–H and O–H groups in total. The summed E-state index contributed by atoms with van der Waals surface area (Å²) in [5, 5.41) is 0. The summed E-state index contributed by atoms with van der Waals surface area (Å²) in [7, 11) is 0. The van der Waals surface area contributed by atoms with Gasteiger partial charge in [0.05, 0.1) is 0 Å². The Morgan fingerprint density at radius 3 is 0.476 bits per heavy atom. The van der Waals surface area contributed by atoms with Gasteiger partial charge in [-0.1, -0.05) is 36.4 Å². The van der Waals surface area contributed by atoms with E-state index in [0.717, 1.165) is 114 Å². The Morgan fingerprint density at radius 2 is 0.310 bits per heavy atom. The Balaban J connectivity index is 0.834. The van der Waals surface area contributed by atoms with Gasteiger partial charge in [-0.15, -0.1) is 34.0 Å². The largest absolute Gasteiger partial charge is 0.310 e. The molecule has 0 unspecified atom stereocenters. The smallest absolute Gasteiger partial charge is 0.123 e.